The number of aliphatic hydroxyl groups excluding tert-OH is 1. The second kappa shape index (κ2) is 11.0. The number of rotatable bonds is 9. The highest BCUT2D eigenvalue weighted by atomic mass is 16.3. The highest BCUT2D eigenvalue weighted by Crippen LogP contribution is 2.36. The van der Waals surface area contributed by atoms with Gasteiger partial charge < -0.3 is 15.7 Å². The number of hydrogen-bond acceptors (Lipinski definition) is 7. The van der Waals surface area contributed by atoms with Gasteiger partial charge in [0.15, 0.2) is 0 Å². The molecule has 0 radical (unpaired) electrons. The molecule has 3 N–H and O–H groups in total. The Morgan fingerprint density at radius 2 is 1.76 bits per heavy atom. The predicted molar refractivity (Wildman–Crippen MR) is 137 cm³/mol. The van der Waals surface area contributed by atoms with E-state index in [1.807, 2.05) is 12.4 Å². The van der Waals surface area contributed by atoms with Gasteiger partial charge in [-0.1, -0.05) is 25.8 Å². The molecule has 0 amide bonds. The lowest BCUT2D eigenvalue weighted by atomic mass is 9.93. The third-order valence-corrected chi connectivity index (χ3v) is 7.95. The third-order valence-electron chi connectivity index (χ3n) is 7.95. The van der Waals surface area contributed by atoms with E-state index < -0.39 is 0 Å². The Hall–Kier alpha value is -2.25. The van der Waals surface area contributed by atoms with Gasteiger partial charge in [0.2, 0.25) is 5.95 Å². The fourth-order valence-corrected chi connectivity index (χ4v) is 5.93. The molecule has 2 atom stereocenters. The Balaban J connectivity index is 1.32. The zero-order valence-electron chi connectivity index (χ0n) is 20.5. The van der Waals surface area contributed by atoms with E-state index in [-0.39, 0.29) is 6.10 Å². The summed E-state index contributed by atoms with van der Waals surface area (Å²) < 4.78 is 0. The summed E-state index contributed by atoms with van der Waals surface area (Å²) in [6.45, 7) is 4.06. The Morgan fingerprint density at radius 1 is 0.971 bits per heavy atom. The molecule has 2 aromatic heterocycles. The molecule has 4 heterocycles. The van der Waals surface area contributed by atoms with Gasteiger partial charge in [-0.15, -0.1) is 0 Å². The molecular formula is C27H40N6O. The molecule has 2 aliphatic heterocycles. The van der Waals surface area contributed by atoms with Crippen molar-refractivity contribution in [1.82, 2.24) is 19.9 Å². The molecule has 3 aliphatic rings. The molecule has 2 saturated heterocycles. The molecule has 1 aliphatic carbocycles. The van der Waals surface area contributed by atoms with Crippen LogP contribution in [0.3, 0.4) is 0 Å². The van der Waals surface area contributed by atoms with Crippen LogP contribution < -0.4 is 10.6 Å². The lowest BCUT2D eigenvalue weighted by molar-refractivity contribution is 0.126. The first-order valence-corrected chi connectivity index (χ1v) is 13.5. The van der Waals surface area contributed by atoms with E-state index >= 15 is 0 Å². The van der Waals surface area contributed by atoms with Crippen LogP contribution in [0.4, 0.5) is 11.8 Å². The van der Waals surface area contributed by atoms with Crippen molar-refractivity contribution in [3.05, 3.63) is 30.1 Å². The topological polar surface area (TPSA) is 86.2 Å². The largest absolute Gasteiger partial charge is 0.393 e. The maximum Gasteiger partial charge on any atom is 0.224 e. The second-order valence-corrected chi connectivity index (χ2v) is 10.4. The SMILES string of the molecule is CCCCNc1ncc(-c2ccc(CN3C4CCCC3CC4)cn2)c(NC2CCC(O)CC2)n1. The zero-order chi connectivity index (χ0) is 23.3. The first-order valence-electron chi connectivity index (χ1n) is 13.5. The van der Waals surface area contributed by atoms with Gasteiger partial charge in [0.05, 0.1) is 17.4 Å². The number of nitrogens with one attached hydrogen (secondary N) is 2. The number of aromatic nitrogens is 3. The van der Waals surface area contributed by atoms with E-state index in [1.165, 1.54) is 37.7 Å². The molecular weight excluding hydrogens is 424 g/mol. The smallest absolute Gasteiger partial charge is 0.224 e. The summed E-state index contributed by atoms with van der Waals surface area (Å²) in [6, 6.07) is 6.20. The number of piperidine rings is 1. The standard InChI is InChI=1S/C27H40N6O/c1-2-3-15-28-27-30-17-24(26(32-27)31-20-8-12-23(34)13-9-20)25-14-7-19(16-29-25)18-33-21-5-4-6-22(33)11-10-21/h7,14,16-17,20-23,34H,2-6,8-13,15,18H2,1H3,(H2,28,30,31,32). The molecule has 2 unspecified atom stereocenters. The fourth-order valence-electron chi connectivity index (χ4n) is 5.93. The minimum Gasteiger partial charge on any atom is -0.393 e. The van der Waals surface area contributed by atoms with E-state index in [0.29, 0.717) is 12.0 Å². The molecule has 7 nitrogen and oxygen atoms in total. The van der Waals surface area contributed by atoms with Gasteiger partial charge in [-0.05, 0) is 69.4 Å². The van der Waals surface area contributed by atoms with Crippen molar-refractivity contribution in [3.8, 4) is 11.3 Å². The molecule has 3 fully saturated rings. The Kier molecular flexibility index (Phi) is 7.60. The molecule has 2 bridgehead atoms. The van der Waals surface area contributed by atoms with Gasteiger partial charge in [-0.25, -0.2) is 4.98 Å². The first kappa shape index (κ1) is 23.5. The van der Waals surface area contributed by atoms with Crippen LogP contribution in [0.1, 0.15) is 83.1 Å². The van der Waals surface area contributed by atoms with Gasteiger partial charge in [0.25, 0.3) is 0 Å². The summed E-state index contributed by atoms with van der Waals surface area (Å²) in [5, 5.41) is 16.9. The van der Waals surface area contributed by atoms with Crippen molar-refractivity contribution in [3.63, 3.8) is 0 Å². The number of anilines is 2. The van der Waals surface area contributed by atoms with Crippen LogP contribution in [0.25, 0.3) is 11.3 Å². The van der Waals surface area contributed by atoms with Crippen LogP contribution in [-0.2, 0) is 6.54 Å². The maximum absolute atomic E-state index is 9.89. The average molecular weight is 465 g/mol. The van der Waals surface area contributed by atoms with Crippen LogP contribution in [0.5, 0.6) is 0 Å². The zero-order valence-corrected chi connectivity index (χ0v) is 20.5. The molecule has 0 aromatic carbocycles. The Morgan fingerprint density at radius 3 is 2.47 bits per heavy atom. The van der Waals surface area contributed by atoms with Gasteiger partial charge in [0.1, 0.15) is 5.82 Å². The Labute approximate surface area is 203 Å². The predicted octanol–water partition coefficient (Wildman–Crippen LogP) is 4.98. The van der Waals surface area contributed by atoms with Crippen molar-refractivity contribution in [2.75, 3.05) is 17.2 Å². The summed E-state index contributed by atoms with van der Waals surface area (Å²) in [5.41, 5.74) is 3.14. The normalized spacial score (nSPS) is 27.0. The quantitative estimate of drug-likeness (QED) is 0.451. The van der Waals surface area contributed by atoms with Gasteiger partial charge in [0, 0.05) is 43.6 Å². The minimum absolute atomic E-state index is 0.168. The van der Waals surface area contributed by atoms with E-state index in [1.54, 1.807) is 0 Å². The lowest BCUT2D eigenvalue weighted by Crippen LogP contribution is -2.38. The van der Waals surface area contributed by atoms with Crippen molar-refractivity contribution >= 4 is 11.8 Å². The van der Waals surface area contributed by atoms with Gasteiger partial charge in [-0.2, -0.15) is 4.98 Å². The first-order chi connectivity index (χ1) is 16.7. The van der Waals surface area contributed by atoms with E-state index in [9.17, 15) is 5.11 Å². The molecule has 34 heavy (non-hydrogen) atoms. The van der Waals surface area contributed by atoms with Crippen LogP contribution >= 0.6 is 0 Å². The summed E-state index contributed by atoms with van der Waals surface area (Å²) >= 11 is 0. The number of aliphatic hydroxyl groups is 1. The molecule has 2 aromatic rings. The highest BCUT2D eigenvalue weighted by Gasteiger charge is 2.36. The molecule has 184 valence electrons. The lowest BCUT2D eigenvalue weighted by Gasteiger charge is -2.34. The molecule has 1 saturated carbocycles. The fraction of sp³-hybridized carbons (Fsp3) is 0.667. The number of pyridine rings is 1. The van der Waals surface area contributed by atoms with E-state index in [2.05, 4.69) is 39.6 Å². The summed E-state index contributed by atoms with van der Waals surface area (Å²) in [7, 11) is 0. The van der Waals surface area contributed by atoms with Crippen molar-refractivity contribution in [2.24, 2.45) is 0 Å². The summed E-state index contributed by atoms with van der Waals surface area (Å²) in [4.78, 5) is 17.0. The molecule has 5 rings (SSSR count). The summed E-state index contributed by atoms with van der Waals surface area (Å²) in [6.07, 6.45) is 16.4. The van der Waals surface area contributed by atoms with Crippen LogP contribution in [-0.4, -0.2) is 55.7 Å². The maximum atomic E-state index is 9.89. The number of unbranched alkanes of at least 4 members (excludes halogenated alkanes) is 1. The number of nitrogens with zero attached hydrogens (tertiary/aromatic N) is 4. The highest BCUT2D eigenvalue weighted by molar-refractivity contribution is 5.73. The molecule has 7 heteroatoms. The number of fused-ring (bicyclic) bond motifs is 2. The van der Waals surface area contributed by atoms with Crippen molar-refractivity contribution in [1.29, 1.82) is 0 Å². The van der Waals surface area contributed by atoms with Crippen molar-refractivity contribution < 1.29 is 5.11 Å². The van der Waals surface area contributed by atoms with Gasteiger partial charge in [-0.3, -0.25) is 9.88 Å². The third kappa shape index (κ3) is 5.52. The number of hydrogen-bond donors (Lipinski definition) is 3. The monoisotopic (exact) mass is 464 g/mol. The van der Waals surface area contributed by atoms with E-state index in [0.717, 1.165) is 80.8 Å². The summed E-state index contributed by atoms with van der Waals surface area (Å²) in [5.74, 6) is 1.50. The van der Waals surface area contributed by atoms with Crippen molar-refractivity contribution in [2.45, 2.75) is 108 Å². The minimum atomic E-state index is -0.168. The average Bonchev–Trinajstić information content (AvgIpc) is 3.06. The second-order valence-electron chi connectivity index (χ2n) is 10.4. The van der Waals surface area contributed by atoms with Crippen LogP contribution in [0.15, 0.2) is 24.5 Å². The van der Waals surface area contributed by atoms with Crippen LogP contribution in [0.2, 0.25) is 0 Å². The van der Waals surface area contributed by atoms with Crippen LogP contribution in [0, 0.1) is 0 Å². The Bertz CT molecular complexity index is 911. The van der Waals surface area contributed by atoms with Gasteiger partial charge >= 0.3 is 0 Å². The van der Waals surface area contributed by atoms with E-state index in [4.69, 9.17) is 9.97 Å². The molecule has 0 spiro atoms.